The predicted molar refractivity (Wildman–Crippen MR) is 56.9 cm³/mol. The third-order valence-corrected chi connectivity index (χ3v) is 4.45. The van der Waals surface area contributed by atoms with Crippen molar-refractivity contribution in [2.24, 2.45) is 35.5 Å². The molecular weight excluding hydrogens is 176 g/mol. The molecule has 0 amide bonds. The fourth-order valence-corrected chi connectivity index (χ4v) is 2.02. The number of aliphatic carboxylic acids is 1. The Morgan fingerprint density at radius 1 is 0.786 bits per heavy atom. The first-order valence-electron chi connectivity index (χ1n) is 5.60. The molecule has 1 N–H and O–H groups in total. The number of carbonyl (C=O) groups is 1. The summed E-state index contributed by atoms with van der Waals surface area (Å²) in [6.45, 7) is 10.9. The van der Waals surface area contributed by atoms with E-state index in [1.807, 2.05) is 13.8 Å². The van der Waals surface area contributed by atoms with Gasteiger partial charge in [0.25, 0.3) is 0 Å². The van der Waals surface area contributed by atoms with E-state index in [4.69, 9.17) is 5.11 Å². The first-order chi connectivity index (χ1) is 6.37. The Morgan fingerprint density at radius 3 is 1.07 bits per heavy atom. The molecule has 0 bridgehead atoms. The number of carboxylic acids is 1. The second-order valence-electron chi connectivity index (χ2n) is 5.16. The van der Waals surface area contributed by atoms with Gasteiger partial charge in [-0.1, -0.05) is 34.6 Å². The van der Waals surface area contributed by atoms with Crippen molar-refractivity contribution in [3.8, 4) is 0 Å². The maximum atomic E-state index is 10.2. The minimum Gasteiger partial charge on any atom is -0.481 e. The van der Waals surface area contributed by atoms with Gasteiger partial charge in [0, 0.05) is 0 Å². The lowest BCUT2D eigenvalue weighted by molar-refractivity contribution is -0.139. The fraction of sp³-hybridized carbons (Fsp3) is 0.917. The molecule has 2 aliphatic carbocycles. The van der Waals surface area contributed by atoms with Crippen LogP contribution in [0, 0.1) is 35.5 Å². The van der Waals surface area contributed by atoms with Crippen LogP contribution in [0.1, 0.15) is 34.6 Å². The predicted octanol–water partition coefficient (Wildman–Crippen LogP) is 2.88. The normalized spacial score (nSPS) is 48.9. The van der Waals surface area contributed by atoms with Crippen LogP contribution in [0.3, 0.4) is 0 Å². The summed E-state index contributed by atoms with van der Waals surface area (Å²) in [5.41, 5.74) is 0. The van der Waals surface area contributed by atoms with Crippen LogP contribution < -0.4 is 0 Å². The van der Waals surface area contributed by atoms with Crippen LogP contribution in [0.25, 0.3) is 0 Å². The van der Waals surface area contributed by atoms with E-state index in [0.29, 0.717) is 11.8 Å². The average Bonchev–Trinajstić information content (AvgIpc) is 2.87. The zero-order valence-corrected chi connectivity index (χ0v) is 9.82. The molecule has 82 valence electrons. The summed E-state index contributed by atoms with van der Waals surface area (Å²) < 4.78 is 0. The van der Waals surface area contributed by atoms with Gasteiger partial charge in [-0.05, 0) is 29.6 Å². The molecule has 2 unspecified atom stereocenters. The largest absolute Gasteiger partial charge is 0.481 e. The van der Waals surface area contributed by atoms with Crippen molar-refractivity contribution in [3.05, 3.63) is 0 Å². The Morgan fingerprint density at radius 2 is 1.07 bits per heavy atom. The van der Waals surface area contributed by atoms with Crippen molar-refractivity contribution in [1.82, 2.24) is 0 Å². The van der Waals surface area contributed by atoms with Crippen LogP contribution >= 0.6 is 0 Å². The van der Waals surface area contributed by atoms with Gasteiger partial charge < -0.3 is 5.11 Å². The Hall–Kier alpha value is -0.530. The van der Waals surface area contributed by atoms with E-state index in [-0.39, 0.29) is 5.92 Å². The molecule has 2 aliphatic rings. The Bertz CT molecular complexity index is 196. The third-order valence-electron chi connectivity index (χ3n) is 4.45. The highest BCUT2D eigenvalue weighted by molar-refractivity contribution is 5.73. The molecule has 0 radical (unpaired) electrons. The number of rotatable bonds is 1. The summed E-state index contributed by atoms with van der Waals surface area (Å²) in [7, 11) is 0. The first-order valence-corrected chi connectivity index (χ1v) is 5.60. The molecule has 0 aromatic rings. The third kappa shape index (κ3) is 2.28. The lowest BCUT2D eigenvalue weighted by Gasteiger charge is -1.81. The average molecular weight is 198 g/mol. The summed E-state index contributed by atoms with van der Waals surface area (Å²) in [6.07, 6.45) is 0. The van der Waals surface area contributed by atoms with Crippen molar-refractivity contribution in [1.29, 1.82) is 0 Å². The number of hydrogen-bond donors (Lipinski definition) is 1. The molecule has 0 aromatic heterocycles. The zero-order valence-electron chi connectivity index (χ0n) is 9.82. The summed E-state index contributed by atoms with van der Waals surface area (Å²) in [5, 5.41) is 8.39. The van der Waals surface area contributed by atoms with Gasteiger partial charge in [0.15, 0.2) is 0 Å². The van der Waals surface area contributed by atoms with Crippen LogP contribution in [-0.4, -0.2) is 11.1 Å². The minimum absolute atomic E-state index is 0.0463. The van der Waals surface area contributed by atoms with Crippen LogP contribution in [0.5, 0.6) is 0 Å². The minimum atomic E-state index is -0.634. The van der Waals surface area contributed by atoms with E-state index in [9.17, 15) is 4.79 Å². The van der Waals surface area contributed by atoms with Crippen molar-refractivity contribution in [2.45, 2.75) is 34.6 Å². The van der Waals surface area contributed by atoms with Crippen molar-refractivity contribution in [2.75, 3.05) is 0 Å². The molecule has 0 spiro atoms. The van der Waals surface area contributed by atoms with E-state index in [1.54, 1.807) is 0 Å². The highest BCUT2D eigenvalue weighted by Crippen LogP contribution is 2.45. The second kappa shape index (κ2) is 3.92. The molecule has 2 heteroatoms. The fourth-order valence-electron chi connectivity index (χ4n) is 2.02. The standard InChI is InChI=1S/C6H10O2.C6H12/c1-3-4(2)5(3)6(7)8;1-4-5(2)6(4)3/h3-5H,1-2H3,(H,7,8);4-6H,1-3H3. The molecule has 0 heterocycles. The van der Waals surface area contributed by atoms with Gasteiger partial charge in [-0.3, -0.25) is 4.79 Å². The van der Waals surface area contributed by atoms with E-state index < -0.39 is 5.97 Å². The van der Waals surface area contributed by atoms with Crippen molar-refractivity contribution >= 4 is 5.97 Å². The smallest absolute Gasteiger partial charge is 0.307 e. The highest BCUT2D eigenvalue weighted by atomic mass is 16.4. The number of carboxylic acid groups (broad SMARTS) is 1. The number of hydrogen-bond acceptors (Lipinski definition) is 1. The van der Waals surface area contributed by atoms with E-state index in [1.165, 1.54) is 0 Å². The SMILES string of the molecule is CC1C(C)C1C.CC1C(C)C1C(=O)O. The van der Waals surface area contributed by atoms with Gasteiger partial charge in [0.1, 0.15) is 0 Å². The van der Waals surface area contributed by atoms with E-state index in [2.05, 4.69) is 20.8 Å². The van der Waals surface area contributed by atoms with Crippen LogP contribution in [-0.2, 0) is 4.79 Å². The van der Waals surface area contributed by atoms with Crippen LogP contribution in [0.4, 0.5) is 0 Å². The Balaban J connectivity index is 0.000000146. The quantitative estimate of drug-likeness (QED) is 0.703. The van der Waals surface area contributed by atoms with Crippen LogP contribution in [0.15, 0.2) is 0 Å². The van der Waals surface area contributed by atoms with Gasteiger partial charge in [0.05, 0.1) is 5.92 Å². The second-order valence-corrected chi connectivity index (χ2v) is 5.16. The summed E-state index contributed by atoms with van der Waals surface area (Å²) in [6, 6.07) is 0. The lowest BCUT2D eigenvalue weighted by atomic mass is 10.3. The van der Waals surface area contributed by atoms with E-state index in [0.717, 1.165) is 17.8 Å². The van der Waals surface area contributed by atoms with Gasteiger partial charge in [-0.15, -0.1) is 0 Å². The lowest BCUT2D eigenvalue weighted by Crippen LogP contribution is -1.98. The molecule has 0 aliphatic heterocycles. The maximum absolute atomic E-state index is 10.2. The first kappa shape index (κ1) is 11.5. The summed E-state index contributed by atoms with van der Waals surface area (Å²) in [5.74, 6) is 3.19. The molecule has 2 fully saturated rings. The van der Waals surface area contributed by atoms with Gasteiger partial charge in [-0.2, -0.15) is 0 Å². The Kier molecular flexibility index (Phi) is 3.23. The van der Waals surface area contributed by atoms with Gasteiger partial charge >= 0.3 is 5.97 Å². The monoisotopic (exact) mass is 198 g/mol. The molecule has 2 atom stereocenters. The molecule has 2 saturated carbocycles. The summed E-state index contributed by atoms with van der Waals surface area (Å²) in [4.78, 5) is 10.2. The zero-order chi connectivity index (χ0) is 11.0. The Labute approximate surface area is 86.7 Å². The molecule has 0 aromatic carbocycles. The van der Waals surface area contributed by atoms with Gasteiger partial charge in [-0.25, -0.2) is 0 Å². The molecule has 2 rings (SSSR count). The molecule has 2 nitrogen and oxygen atoms in total. The summed E-state index contributed by atoms with van der Waals surface area (Å²) >= 11 is 0. The molecule has 14 heavy (non-hydrogen) atoms. The molecule has 0 saturated heterocycles. The maximum Gasteiger partial charge on any atom is 0.307 e. The van der Waals surface area contributed by atoms with E-state index >= 15 is 0 Å². The van der Waals surface area contributed by atoms with Crippen LogP contribution in [0.2, 0.25) is 0 Å². The highest BCUT2D eigenvalue weighted by Gasteiger charge is 2.48. The topological polar surface area (TPSA) is 37.3 Å². The van der Waals surface area contributed by atoms with Crippen molar-refractivity contribution in [3.63, 3.8) is 0 Å². The van der Waals surface area contributed by atoms with Crippen molar-refractivity contribution < 1.29 is 9.90 Å². The molecular formula is C12H22O2. The van der Waals surface area contributed by atoms with Gasteiger partial charge in [0.2, 0.25) is 0 Å².